The molecule has 0 aromatic heterocycles. The Labute approximate surface area is 94.2 Å². The van der Waals surface area contributed by atoms with Gasteiger partial charge in [0, 0.05) is 0 Å². The van der Waals surface area contributed by atoms with Gasteiger partial charge in [0.05, 0.1) is 14.2 Å². The van der Waals surface area contributed by atoms with Gasteiger partial charge < -0.3 is 9.47 Å². The van der Waals surface area contributed by atoms with Gasteiger partial charge in [-0.15, -0.1) is 0 Å². The van der Waals surface area contributed by atoms with Crippen molar-refractivity contribution in [3.63, 3.8) is 0 Å². The topological polar surface area (TPSA) is 18.5 Å². The van der Waals surface area contributed by atoms with Crippen molar-refractivity contribution in [2.45, 2.75) is 34.6 Å². The summed E-state index contributed by atoms with van der Waals surface area (Å²) in [4.78, 5) is 0. The van der Waals surface area contributed by atoms with E-state index >= 15 is 0 Å². The first kappa shape index (κ1) is 16.3. The van der Waals surface area contributed by atoms with Crippen LogP contribution < -0.4 is 9.47 Å². The van der Waals surface area contributed by atoms with Gasteiger partial charge in [-0.2, -0.15) is 0 Å². The molecule has 0 aliphatic heterocycles. The monoisotopic (exact) mass is 212 g/mol. The third kappa shape index (κ3) is 6.00. The highest BCUT2D eigenvalue weighted by molar-refractivity contribution is 5.42. The summed E-state index contributed by atoms with van der Waals surface area (Å²) in [6, 6.07) is 5.83. The average molecular weight is 212 g/mol. The van der Waals surface area contributed by atoms with Crippen LogP contribution in [0.4, 0.5) is 0 Å². The molecule has 0 saturated carbocycles. The molecule has 0 amide bonds. The van der Waals surface area contributed by atoms with E-state index in [4.69, 9.17) is 9.47 Å². The van der Waals surface area contributed by atoms with E-state index in [-0.39, 0.29) is 0 Å². The van der Waals surface area contributed by atoms with E-state index in [1.54, 1.807) is 14.2 Å². The maximum Gasteiger partial charge on any atom is 0.160 e. The molecule has 0 saturated heterocycles. The maximum absolute atomic E-state index is 5.09. The molecule has 2 nitrogen and oxygen atoms in total. The van der Waals surface area contributed by atoms with Crippen LogP contribution in [-0.4, -0.2) is 14.2 Å². The first-order chi connectivity index (χ1) is 7.27. The van der Waals surface area contributed by atoms with Crippen LogP contribution in [-0.2, 0) is 0 Å². The van der Waals surface area contributed by atoms with E-state index in [9.17, 15) is 0 Å². The van der Waals surface area contributed by atoms with Crippen LogP contribution >= 0.6 is 0 Å². The summed E-state index contributed by atoms with van der Waals surface area (Å²) in [6.45, 7) is 10.0. The molecule has 0 heterocycles. The standard InChI is InChI=1S/C9H12O2.2C2H6/c1-7-4-5-8(10-2)9(6-7)11-3;2*1-2/h4-6H,1-3H3;2*1-2H3. The quantitative estimate of drug-likeness (QED) is 0.736. The molecule has 88 valence electrons. The molecule has 0 aliphatic carbocycles. The van der Waals surface area contributed by atoms with Gasteiger partial charge in [-0.1, -0.05) is 33.8 Å². The summed E-state index contributed by atoms with van der Waals surface area (Å²) in [5, 5.41) is 0. The molecule has 15 heavy (non-hydrogen) atoms. The van der Waals surface area contributed by atoms with E-state index in [1.807, 2.05) is 52.8 Å². The number of ether oxygens (including phenoxy) is 2. The molecule has 0 fully saturated rings. The van der Waals surface area contributed by atoms with Crippen molar-refractivity contribution in [2.24, 2.45) is 0 Å². The fourth-order valence-electron chi connectivity index (χ4n) is 0.943. The summed E-state index contributed by atoms with van der Waals surface area (Å²) in [7, 11) is 3.27. The van der Waals surface area contributed by atoms with Gasteiger partial charge in [-0.05, 0) is 24.6 Å². The van der Waals surface area contributed by atoms with Crippen LogP contribution in [0.2, 0.25) is 0 Å². The van der Waals surface area contributed by atoms with Gasteiger partial charge in [0.2, 0.25) is 0 Å². The van der Waals surface area contributed by atoms with E-state index in [2.05, 4.69) is 0 Å². The molecule has 1 rings (SSSR count). The minimum absolute atomic E-state index is 0.776. The zero-order valence-corrected chi connectivity index (χ0v) is 11.0. The zero-order chi connectivity index (χ0) is 12.3. The predicted octanol–water partition coefficient (Wildman–Crippen LogP) is 4.06. The van der Waals surface area contributed by atoms with Crippen molar-refractivity contribution in [1.82, 2.24) is 0 Å². The predicted molar refractivity (Wildman–Crippen MR) is 67.0 cm³/mol. The second-order valence-electron chi connectivity index (χ2n) is 2.36. The van der Waals surface area contributed by atoms with Crippen LogP contribution in [0.25, 0.3) is 0 Å². The van der Waals surface area contributed by atoms with Crippen LogP contribution in [0.15, 0.2) is 18.2 Å². The number of hydrogen-bond donors (Lipinski definition) is 0. The Morgan fingerprint density at radius 2 is 1.27 bits per heavy atom. The molecule has 0 unspecified atom stereocenters. The number of hydrogen-bond acceptors (Lipinski definition) is 2. The van der Waals surface area contributed by atoms with Crippen LogP contribution in [0.5, 0.6) is 11.5 Å². The summed E-state index contributed by atoms with van der Waals surface area (Å²) >= 11 is 0. The Morgan fingerprint density at radius 1 is 0.800 bits per heavy atom. The maximum atomic E-state index is 5.09. The molecule has 1 aromatic rings. The lowest BCUT2D eigenvalue weighted by Gasteiger charge is -2.06. The summed E-state index contributed by atoms with van der Waals surface area (Å²) in [5.74, 6) is 1.56. The molecule has 0 atom stereocenters. The van der Waals surface area contributed by atoms with Crippen molar-refractivity contribution in [2.75, 3.05) is 14.2 Å². The van der Waals surface area contributed by atoms with Crippen molar-refractivity contribution in [3.05, 3.63) is 23.8 Å². The number of benzene rings is 1. The second-order valence-corrected chi connectivity index (χ2v) is 2.36. The lowest BCUT2D eigenvalue weighted by Crippen LogP contribution is -1.90. The number of aryl methyl sites for hydroxylation is 1. The Bertz CT molecular complexity index is 244. The highest BCUT2D eigenvalue weighted by Crippen LogP contribution is 2.26. The molecule has 0 radical (unpaired) electrons. The fourth-order valence-corrected chi connectivity index (χ4v) is 0.943. The molecule has 1 aromatic carbocycles. The Kier molecular flexibility index (Phi) is 11.8. The molecule has 0 N–H and O–H groups in total. The highest BCUT2D eigenvalue weighted by Gasteiger charge is 2.00. The van der Waals surface area contributed by atoms with E-state index in [0.29, 0.717) is 0 Å². The third-order valence-electron chi connectivity index (χ3n) is 1.54. The average Bonchev–Trinajstić information content (AvgIpc) is 2.34. The summed E-state index contributed by atoms with van der Waals surface area (Å²) in [6.07, 6.45) is 0. The minimum atomic E-state index is 0.776. The van der Waals surface area contributed by atoms with Gasteiger partial charge in [-0.3, -0.25) is 0 Å². The molecule has 0 bridgehead atoms. The van der Waals surface area contributed by atoms with Gasteiger partial charge >= 0.3 is 0 Å². The Morgan fingerprint density at radius 3 is 1.67 bits per heavy atom. The SMILES string of the molecule is CC.CC.COc1ccc(C)cc1OC. The fraction of sp³-hybridized carbons (Fsp3) is 0.538. The van der Waals surface area contributed by atoms with Crippen LogP contribution in [0.3, 0.4) is 0 Å². The Hall–Kier alpha value is -1.18. The third-order valence-corrected chi connectivity index (χ3v) is 1.54. The van der Waals surface area contributed by atoms with Crippen molar-refractivity contribution < 1.29 is 9.47 Å². The first-order valence-electron chi connectivity index (χ1n) is 5.46. The Balaban J connectivity index is 0. The lowest BCUT2D eigenvalue weighted by atomic mass is 10.2. The highest BCUT2D eigenvalue weighted by atomic mass is 16.5. The molecular weight excluding hydrogens is 188 g/mol. The van der Waals surface area contributed by atoms with Gasteiger partial charge in [0.15, 0.2) is 11.5 Å². The van der Waals surface area contributed by atoms with Crippen molar-refractivity contribution in [3.8, 4) is 11.5 Å². The summed E-state index contributed by atoms with van der Waals surface area (Å²) in [5.41, 5.74) is 1.17. The number of rotatable bonds is 2. The van der Waals surface area contributed by atoms with E-state index in [0.717, 1.165) is 11.5 Å². The van der Waals surface area contributed by atoms with Crippen LogP contribution in [0.1, 0.15) is 33.3 Å². The number of methoxy groups -OCH3 is 2. The van der Waals surface area contributed by atoms with Crippen molar-refractivity contribution in [1.29, 1.82) is 0 Å². The lowest BCUT2D eigenvalue weighted by molar-refractivity contribution is 0.354. The largest absolute Gasteiger partial charge is 0.493 e. The summed E-state index contributed by atoms with van der Waals surface area (Å²) < 4.78 is 10.2. The van der Waals surface area contributed by atoms with Gasteiger partial charge in [0.25, 0.3) is 0 Å². The van der Waals surface area contributed by atoms with Gasteiger partial charge in [0.1, 0.15) is 0 Å². The van der Waals surface area contributed by atoms with E-state index < -0.39 is 0 Å². The van der Waals surface area contributed by atoms with E-state index in [1.165, 1.54) is 5.56 Å². The molecule has 0 aliphatic rings. The second kappa shape index (κ2) is 10.9. The minimum Gasteiger partial charge on any atom is -0.493 e. The zero-order valence-electron chi connectivity index (χ0n) is 11.0. The molecule has 2 heteroatoms. The smallest absolute Gasteiger partial charge is 0.160 e. The first-order valence-corrected chi connectivity index (χ1v) is 5.46. The molecular formula is C13H24O2. The molecule has 0 spiro atoms. The van der Waals surface area contributed by atoms with Crippen molar-refractivity contribution >= 4 is 0 Å². The van der Waals surface area contributed by atoms with Crippen LogP contribution in [0, 0.1) is 6.92 Å². The van der Waals surface area contributed by atoms with Gasteiger partial charge in [-0.25, -0.2) is 0 Å². The normalized spacial score (nSPS) is 7.67.